The van der Waals surface area contributed by atoms with Crippen molar-refractivity contribution in [3.05, 3.63) is 29.1 Å². The minimum absolute atomic E-state index is 0.0564. The molecule has 0 unspecified atom stereocenters. The van der Waals surface area contributed by atoms with Crippen LogP contribution in [0.5, 0.6) is 5.75 Å². The summed E-state index contributed by atoms with van der Waals surface area (Å²) in [6.45, 7) is 3.11. The van der Waals surface area contributed by atoms with Gasteiger partial charge in [0.05, 0.1) is 6.61 Å². The van der Waals surface area contributed by atoms with Crippen molar-refractivity contribution in [2.24, 2.45) is 5.92 Å². The number of ether oxygens (including phenoxy) is 1. The largest absolute Gasteiger partial charge is 0.493 e. The first-order valence-electron chi connectivity index (χ1n) is 7.35. The van der Waals surface area contributed by atoms with Crippen molar-refractivity contribution in [3.63, 3.8) is 0 Å². The normalized spacial score (nSPS) is 20.5. The van der Waals surface area contributed by atoms with E-state index in [0.717, 1.165) is 55.8 Å². The average molecular weight is 263 g/mol. The van der Waals surface area contributed by atoms with E-state index in [1.807, 2.05) is 6.07 Å². The molecule has 0 amide bonds. The Balaban J connectivity index is 1.63. The van der Waals surface area contributed by atoms with E-state index in [0.29, 0.717) is 5.92 Å². The van der Waals surface area contributed by atoms with Crippen molar-refractivity contribution in [1.82, 2.24) is 4.90 Å². The van der Waals surface area contributed by atoms with Gasteiger partial charge in [-0.3, -0.25) is 0 Å². The first-order valence-corrected chi connectivity index (χ1v) is 7.35. The second-order valence-corrected chi connectivity index (χ2v) is 5.91. The van der Waals surface area contributed by atoms with Crippen LogP contribution < -0.4 is 4.74 Å². The summed E-state index contributed by atoms with van der Waals surface area (Å²) >= 11 is 0. The summed E-state index contributed by atoms with van der Waals surface area (Å²) in [5.41, 5.74) is 2.01. The van der Waals surface area contributed by atoms with Crippen molar-refractivity contribution in [2.45, 2.75) is 32.1 Å². The van der Waals surface area contributed by atoms with Gasteiger partial charge in [0.15, 0.2) is 0 Å². The van der Waals surface area contributed by atoms with Crippen LogP contribution in [0.4, 0.5) is 4.39 Å². The molecule has 1 aromatic rings. The molecule has 3 heteroatoms. The molecule has 1 saturated heterocycles. The van der Waals surface area contributed by atoms with Crippen LogP contribution in [0.1, 0.15) is 30.4 Å². The molecule has 1 aliphatic carbocycles. The van der Waals surface area contributed by atoms with Crippen LogP contribution in [0, 0.1) is 11.7 Å². The maximum atomic E-state index is 13.6. The van der Waals surface area contributed by atoms with Crippen molar-refractivity contribution in [3.8, 4) is 5.75 Å². The molecule has 1 aliphatic heterocycles. The zero-order valence-corrected chi connectivity index (χ0v) is 11.6. The minimum Gasteiger partial charge on any atom is -0.493 e. The fraction of sp³-hybridized carbons (Fsp3) is 0.625. The van der Waals surface area contributed by atoms with E-state index < -0.39 is 0 Å². The fourth-order valence-electron chi connectivity index (χ4n) is 3.20. The number of rotatable bonds is 3. The number of likely N-dealkylation sites (tertiary alicyclic amines) is 1. The van der Waals surface area contributed by atoms with Crippen LogP contribution in [-0.2, 0) is 12.8 Å². The van der Waals surface area contributed by atoms with Crippen molar-refractivity contribution < 1.29 is 9.13 Å². The zero-order valence-electron chi connectivity index (χ0n) is 11.6. The molecule has 2 nitrogen and oxygen atoms in total. The molecule has 1 aromatic carbocycles. The summed E-state index contributed by atoms with van der Waals surface area (Å²) in [5.74, 6) is 1.52. The van der Waals surface area contributed by atoms with E-state index in [1.165, 1.54) is 12.8 Å². The average Bonchev–Trinajstić information content (AvgIpc) is 2.90. The van der Waals surface area contributed by atoms with Gasteiger partial charge in [-0.15, -0.1) is 0 Å². The number of fused-ring (bicyclic) bond motifs is 1. The Hall–Kier alpha value is -1.09. The molecule has 1 fully saturated rings. The predicted octanol–water partition coefficient (Wildman–Crippen LogP) is 3.04. The molecule has 2 aliphatic rings. The van der Waals surface area contributed by atoms with Gasteiger partial charge in [0, 0.05) is 5.56 Å². The third-order valence-corrected chi connectivity index (χ3v) is 4.50. The van der Waals surface area contributed by atoms with E-state index in [9.17, 15) is 4.39 Å². The number of hydrogen-bond acceptors (Lipinski definition) is 2. The lowest BCUT2D eigenvalue weighted by Crippen LogP contribution is -2.32. The molecule has 0 radical (unpaired) electrons. The second-order valence-electron chi connectivity index (χ2n) is 5.91. The topological polar surface area (TPSA) is 12.5 Å². The number of hydrogen-bond donors (Lipinski definition) is 0. The van der Waals surface area contributed by atoms with Crippen LogP contribution in [0.3, 0.4) is 0 Å². The van der Waals surface area contributed by atoms with Crippen LogP contribution in [0.25, 0.3) is 0 Å². The highest BCUT2D eigenvalue weighted by Crippen LogP contribution is 2.33. The summed E-state index contributed by atoms with van der Waals surface area (Å²) in [5, 5.41) is 0. The Kier molecular flexibility index (Phi) is 3.74. The quantitative estimate of drug-likeness (QED) is 0.831. The molecular weight excluding hydrogens is 241 g/mol. The van der Waals surface area contributed by atoms with Gasteiger partial charge >= 0.3 is 0 Å². The Morgan fingerprint density at radius 2 is 1.95 bits per heavy atom. The van der Waals surface area contributed by atoms with Gasteiger partial charge < -0.3 is 9.64 Å². The highest BCUT2D eigenvalue weighted by molar-refractivity contribution is 5.43. The third-order valence-electron chi connectivity index (χ3n) is 4.50. The lowest BCUT2D eigenvalue weighted by Gasteiger charge is -2.29. The Morgan fingerprint density at radius 1 is 1.21 bits per heavy atom. The summed E-state index contributed by atoms with van der Waals surface area (Å²) in [6, 6.07) is 3.38. The Bertz CT molecular complexity index is 452. The number of nitrogens with zero attached hydrogens (tertiary/aromatic N) is 1. The lowest BCUT2D eigenvalue weighted by molar-refractivity contribution is 0.159. The fourth-order valence-corrected chi connectivity index (χ4v) is 3.20. The van der Waals surface area contributed by atoms with Gasteiger partial charge in [0.1, 0.15) is 11.6 Å². The maximum absolute atomic E-state index is 13.6. The van der Waals surface area contributed by atoms with Gasteiger partial charge in [0.2, 0.25) is 0 Å². The number of piperidine rings is 1. The molecule has 1 heterocycles. The predicted molar refractivity (Wildman–Crippen MR) is 74.1 cm³/mol. The smallest absolute Gasteiger partial charge is 0.126 e. The van der Waals surface area contributed by atoms with Crippen molar-refractivity contribution in [2.75, 3.05) is 26.7 Å². The Morgan fingerprint density at radius 3 is 2.74 bits per heavy atom. The SMILES string of the molecule is CN1CCC(COc2ccc(F)c3c2CCC3)CC1. The second kappa shape index (κ2) is 5.49. The summed E-state index contributed by atoms with van der Waals surface area (Å²) in [6.07, 6.45) is 5.31. The Labute approximate surface area is 114 Å². The molecular formula is C16H22FNO. The standard InChI is InChI=1S/C16H22FNO/c1-18-9-7-12(8-10-18)11-19-16-6-5-15(17)13-3-2-4-14(13)16/h5-6,12H,2-4,7-11H2,1H3. The van der Waals surface area contributed by atoms with Crippen LogP contribution >= 0.6 is 0 Å². The summed E-state index contributed by atoms with van der Waals surface area (Å²) in [4.78, 5) is 2.37. The van der Waals surface area contributed by atoms with E-state index >= 15 is 0 Å². The molecule has 0 N–H and O–H groups in total. The van der Waals surface area contributed by atoms with Gasteiger partial charge in [-0.1, -0.05) is 0 Å². The highest BCUT2D eigenvalue weighted by atomic mass is 19.1. The third kappa shape index (κ3) is 2.76. The monoisotopic (exact) mass is 263 g/mol. The molecule has 3 rings (SSSR count). The molecule has 0 atom stereocenters. The van der Waals surface area contributed by atoms with E-state index in [-0.39, 0.29) is 5.82 Å². The lowest BCUT2D eigenvalue weighted by atomic mass is 9.98. The zero-order chi connectivity index (χ0) is 13.2. The van der Waals surface area contributed by atoms with Gasteiger partial charge in [-0.05, 0) is 75.9 Å². The van der Waals surface area contributed by atoms with Crippen molar-refractivity contribution >= 4 is 0 Å². The minimum atomic E-state index is -0.0564. The first kappa shape index (κ1) is 12.9. The van der Waals surface area contributed by atoms with Crippen LogP contribution in [-0.4, -0.2) is 31.6 Å². The first-order chi connectivity index (χ1) is 9.24. The number of halogens is 1. The molecule has 104 valence electrons. The van der Waals surface area contributed by atoms with Gasteiger partial charge in [-0.2, -0.15) is 0 Å². The summed E-state index contributed by atoms with van der Waals surface area (Å²) < 4.78 is 19.6. The van der Waals surface area contributed by atoms with Gasteiger partial charge in [-0.25, -0.2) is 4.39 Å². The summed E-state index contributed by atoms with van der Waals surface area (Å²) in [7, 11) is 2.17. The molecule has 0 aromatic heterocycles. The molecule has 0 spiro atoms. The van der Waals surface area contributed by atoms with Crippen LogP contribution in [0.15, 0.2) is 12.1 Å². The number of benzene rings is 1. The van der Waals surface area contributed by atoms with E-state index in [4.69, 9.17) is 4.74 Å². The van der Waals surface area contributed by atoms with Crippen molar-refractivity contribution in [1.29, 1.82) is 0 Å². The molecule has 0 saturated carbocycles. The maximum Gasteiger partial charge on any atom is 0.126 e. The van der Waals surface area contributed by atoms with E-state index in [2.05, 4.69) is 11.9 Å². The molecule has 0 bridgehead atoms. The highest BCUT2D eigenvalue weighted by Gasteiger charge is 2.21. The molecule has 19 heavy (non-hydrogen) atoms. The van der Waals surface area contributed by atoms with E-state index in [1.54, 1.807) is 6.07 Å². The van der Waals surface area contributed by atoms with Gasteiger partial charge in [0.25, 0.3) is 0 Å². The van der Waals surface area contributed by atoms with Crippen LogP contribution in [0.2, 0.25) is 0 Å².